The van der Waals surface area contributed by atoms with Gasteiger partial charge in [-0.3, -0.25) is 14.9 Å². The van der Waals surface area contributed by atoms with Crippen LogP contribution in [0.4, 0.5) is 5.69 Å². The lowest BCUT2D eigenvalue weighted by atomic mass is 10.1. The minimum atomic E-state index is -0.527. The van der Waals surface area contributed by atoms with Crippen LogP contribution in [0.25, 0.3) is 0 Å². The van der Waals surface area contributed by atoms with Gasteiger partial charge >= 0.3 is 0 Å². The average molecular weight is 300 g/mol. The molecule has 0 aromatic heterocycles. The number of nitro benzene ring substituents is 1. The Bertz CT molecular complexity index is 700. The maximum absolute atomic E-state index is 12.2. The molecule has 0 spiro atoms. The molecule has 1 atom stereocenters. The maximum Gasteiger partial charge on any atom is 0.270 e. The van der Waals surface area contributed by atoms with Crippen LogP contribution in [0.15, 0.2) is 48.5 Å². The van der Waals surface area contributed by atoms with Gasteiger partial charge in [0, 0.05) is 23.3 Å². The lowest BCUT2D eigenvalue weighted by Crippen LogP contribution is -2.26. The Balaban J connectivity index is 2.18. The molecule has 0 aliphatic rings. The third-order valence-corrected chi connectivity index (χ3v) is 3.27. The van der Waals surface area contributed by atoms with Gasteiger partial charge in [-0.05, 0) is 19.1 Å². The highest BCUT2D eigenvalue weighted by molar-refractivity contribution is 5.95. The number of nitro groups is 1. The second-order valence-electron chi connectivity index (χ2n) is 4.74. The third-order valence-electron chi connectivity index (χ3n) is 3.27. The Kier molecular flexibility index (Phi) is 4.73. The van der Waals surface area contributed by atoms with Crippen LogP contribution in [0.3, 0.4) is 0 Å². The van der Waals surface area contributed by atoms with Crippen molar-refractivity contribution in [2.24, 2.45) is 0 Å². The van der Waals surface area contributed by atoms with Gasteiger partial charge in [0.2, 0.25) is 0 Å². The van der Waals surface area contributed by atoms with Crippen molar-refractivity contribution in [2.75, 3.05) is 7.11 Å². The molecule has 114 valence electrons. The van der Waals surface area contributed by atoms with Crippen LogP contribution >= 0.6 is 0 Å². The summed E-state index contributed by atoms with van der Waals surface area (Å²) in [6.45, 7) is 1.83. The molecule has 6 nitrogen and oxygen atoms in total. The van der Waals surface area contributed by atoms with E-state index in [0.29, 0.717) is 5.75 Å². The van der Waals surface area contributed by atoms with E-state index >= 15 is 0 Å². The first-order chi connectivity index (χ1) is 10.5. The fourth-order valence-electron chi connectivity index (χ4n) is 2.14. The monoisotopic (exact) mass is 300 g/mol. The van der Waals surface area contributed by atoms with Crippen LogP contribution in [-0.2, 0) is 0 Å². The van der Waals surface area contributed by atoms with Crippen LogP contribution in [0, 0.1) is 10.1 Å². The molecule has 2 aromatic rings. The number of carbonyl (C=O) groups is 1. The molecular formula is C16H16N2O4. The number of nitrogens with zero attached hydrogens (tertiary/aromatic N) is 1. The van der Waals surface area contributed by atoms with Gasteiger partial charge in [0.15, 0.2) is 0 Å². The molecule has 2 aromatic carbocycles. The number of non-ortho nitro benzene ring substituents is 1. The molecular weight excluding hydrogens is 284 g/mol. The highest BCUT2D eigenvalue weighted by atomic mass is 16.6. The largest absolute Gasteiger partial charge is 0.496 e. The number of hydrogen-bond donors (Lipinski definition) is 1. The molecule has 22 heavy (non-hydrogen) atoms. The van der Waals surface area contributed by atoms with E-state index in [1.165, 1.54) is 24.3 Å². The van der Waals surface area contributed by atoms with Crippen LogP contribution in [-0.4, -0.2) is 17.9 Å². The SMILES string of the molecule is COc1ccccc1C(C)NC(=O)c1cccc([N+](=O)[O-])c1. The van der Waals surface area contributed by atoms with Crippen molar-refractivity contribution in [1.82, 2.24) is 5.32 Å². The van der Waals surface area contributed by atoms with Gasteiger partial charge in [0.1, 0.15) is 5.75 Å². The minimum Gasteiger partial charge on any atom is -0.496 e. The molecule has 0 aliphatic heterocycles. The Morgan fingerprint density at radius 1 is 1.23 bits per heavy atom. The van der Waals surface area contributed by atoms with E-state index in [0.717, 1.165) is 5.56 Å². The lowest BCUT2D eigenvalue weighted by Gasteiger charge is -2.17. The van der Waals surface area contributed by atoms with Gasteiger partial charge < -0.3 is 10.1 Å². The van der Waals surface area contributed by atoms with Crippen LogP contribution in [0.1, 0.15) is 28.9 Å². The van der Waals surface area contributed by atoms with Crippen molar-refractivity contribution in [2.45, 2.75) is 13.0 Å². The Morgan fingerprint density at radius 3 is 2.64 bits per heavy atom. The summed E-state index contributed by atoms with van der Waals surface area (Å²) in [5.74, 6) is 0.302. The van der Waals surface area contributed by atoms with E-state index in [1.807, 2.05) is 31.2 Å². The Morgan fingerprint density at radius 2 is 1.95 bits per heavy atom. The van der Waals surface area contributed by atoms with E-state index in [9.17, 15) is 14.9 Å². The topological polar surface area (TPSA) is 81.5 Å². The van der Waals surface area contributed by atoms with Crippen molar-refractivity contribution in [3.05, 3.63) is 69.8 Å². The fraction of sp³-hybridized carbons (Fsp3) is 0.188. The van der Waals surface area contributed by atoms with Crippen molar-refractivity contribution in [3.63, 3.8) is 0 Å². The molecule has 1 N–H and O–H groups in total. The molecule has 0 fully saturated rings. The fourth-order valence-corrected chi connectivity index (χ4v) is 2.14. The lowest BCUT2D eigenvalue weighted by molar-refractivity contribution is -0.384. The van der Waals surface area contributed by atoms with Crippen LogP contribution in [0.5, 0.6) is 5.75 Å². The molecule has 0 saturated carbocycles. The van der Waals surface area contributed by atoms with Crippen LogP contribution < -0.4 is 10.1 Å². The number of para-hydroxylation sites is 1. The first kappa shape index (κ1) is 15.5. The number of amides is 1. The number of hydrogen-bond acceptors (Lipinski definition) is 4. The zero-order valence-corrected chi connectivity index (χ0v) is 12.3. The second kappa shape index (κ2) is 6.71. The summed E-state index contributed by atoms with van der Waals surface area (Å²) in [5.41, 5.74) is 0.970. The Hall–Kier alpha value is -2.89. The summed E-state index contributed by atoms with van der Waals surface area (Å²) in [7, 11) is 1.56. The molecule has 1 unspecified atom stereocenters. The Labute approximate surface area is 127 Å². The number of methoxy groups -OCH3 is 1. The predicted octanol–water partition coefficient (Wildman–Crippen LogP) is 3.09. The van der Waals surface area contributed by atoms with E-state index < -0.39 is 4.92 Å². The number of rotatable bonds is 5. The molecule has 0 radical (unpaired) electrons. The standard InChI is InChI=1S/C16H16N2O4/c1-11(14-8-3-4-9-15(14)22-2)17-16(19)12-6-5-7-13(10-12)18(20)21/h3-11H,1-2H3,(H,17,19). The van der Waals surface area contributed by atoms with Crippen molar-refractivity contribution >= 4 is 11.6 Å². The van der Waals surface area contributed by atoms with Gasteiger partial charge in [-0.2, -0.15) is 0 Å². The summed E-state index contributed by atoms with van der Waals surface area (Å²) in [5, 5.41) is 13.6. The minimum absolute atomic E-state index is 0.113. The molecule has 1 amide bonds. The number of ether oxygens (including phenoxy) is 1. The second-order valence-corrected chi connectivity index (χ2v) is 4.74. The van der Waals surface area contributed by atoms with E-state index in [1.54, 1.807) is 7.11 Å². The van der Waals surface area contributed by atoms with E-state index in [2.05, 4.69) is 5.32 Å². The summed E-state index contributed by atoms with van der Waals surface area (Å²) >= 11 is 0. The molecule has 0 aliphatic carbocycles. The van der Waals surface area contributed by atoms with Gasteiger partial charge in [-0.15, -0.1) is 0 Å². The number of benzene rings is 2. The summed E-state index contributed by atoms with van der Waals surface area (Å²) in [6.07, 6.45) is 0. The zero-order valence-electron chi connectivity index (χ0n) is 12.3. The maximum atomic E-state index is 12.2. The zero-order chi connectivity index (χ0) is 16.1. The summed E-state index contributed by atoms with van der Waals surface area (Å²) in [6, 6.07) is 12.7. The van der Waals surface area contributed by atoms with Gasteiger partial charge in [-0.1, -0.05) is 24.3 Å². The average Bonchev–Trinajstić information content (AvgIpc) is 2.54. The van der Waals surface area contributed by atoms with Crippen LogP contribution in [0.2, 0.25) is 0 Å². The van der Waals surface area contributed by atoms with Gasteiger partial charge in [-0.25, -0.2) is 0 Å². The van der Waals surface area contributed by atoms with E-state index in [-0.39, 0.29) is 23.2 Å². The summed E-state index contributed by atoms with van der Waals surface area (Å²) < 4.78 is 5.26. The molecule has 6 heteroatoms. The third kappa shape index (κ3) is 3.41. The first-order valence-electron chi connectivity index (χ1n) is 6.71. The van der Waals surface area contributed by atoms with Gasteiger partial charge in [0.05, 0.1) is 18.1 Å². The first-order valence-corrected chi connectivity index (χ1v) is 6.71. The number of nitrogens with one attached hydrogen (secondary N) is 1. The molecule has 2 rings (SSSR count). The van der Waals surface area contributed by atoms with Crippen molar-refractivity contribution in [1.29, 1.82) is 0 Å². The predicted molar refractivity (Wildman–Crippen MR) is 82.0 cm³/mol. The highest BCUT2D eigenvalue weighted by Crippen LogP contribution is 2.24. The smallest absolute Gasteiger partial charge is 0.270 e. The molecule has 0 saturated heterocycles. The molecule has 0 bridgehead atoms. The quantitative estimate of drug-likeness (QED) is 0.679. The molecule has 0 heterocycles. The van der Waals surface area contributed by atoms with Gasteiger partial charge in [0.25, 0.3) is 11.6 Å². The van der Waals surface area contributed by atoms with Crippen molar-refractivity contribution < 1.29 is 14.5 Å². The highest BCUT2D eigenvalue weighted by Gasteiger charge is 2.16. The van der Waals surface area contributed by atoms with E-state index in [4.69, 9.17) is 4.74 Å². The normalized spacial score (nSPS) is 11.5. The number of carbonyl (C=O) groups excluding carboxylic acids is 1. The van der Waals surface area contributed by atoms with Crippen molar-refractivity contribution in [3.8, 4) is 5.75 Å². The summed E-state index contributed by atoms with van der Waals surface area (Å²) in [4.78, 5) is 22.5.